The van der Waals surface area contributed by atoms with Gasteiger partial charge < -0.3 is 20.4 Å². The number of carbonyl (C=O) groups is 2. The average molecular weight is 458 g/mol. The van der Waals surface area contributed by atoms with Gasteiger partial charge in [-0.15, -0.1) is 10.2 Å². The monoisotopic (exact) mass is 457 g/mol. The molecule has 8 nitrogen and oxygen atoms in total. The number of hydrogen-bond acceptors (Lipinski definition) is 6. The van der Waals surface area contributed by atoms with E-state index in [-0.39, 0.29) is 17.7 Å². The zero-order valence-electron chi connectivity index (χ0n) is 19.1. The van der Waals surface area contributed by atoms with Crippen LogP contribution in [-0.2, 0) is 17.6 Å². The summed E-state index contributed by atoms with van der Waals surface area (Å²) in [4.78, 5) is 26.6. The van der Waals surface area contributed by atoms with Gasteiger partial charge >= 0.3 is 11.8 Å². The average Bonchev–Trinajstić information content (AvgIpc) is 3.36. The van der Waals surface area contributed by atoms with E-state index in [9.17, 15) is 9.59 Å². The highest BCUT2D eigenvalue weighted by Gasteiger charge is 2.31. The van der Waals surface area contributed by atoms with Gasteiger partial charge in [0.25, 0.3) is 0 Å². The first kappa shape index (κ1) is 23.1. The molecule has 0 saturated heterocycles. The van der Waals surface area contributed by atoms with Gasteiger partial charge in [-0.3, -0.25) is 9.59 Å². The molecule has 0 bridgehead atoms. The second-order valence-electron chi connectivity index (χ2n) is 8.19. The first-order valence-electron chi connectivity index (χ1n) is 11.0. The first-order valence-corrected chi connectivity index (χ1v) is 11.0. The van der Waals surface area contributed by atoms with Crippen molar-refractivity contribution in [1.82, 2.24) is 20.4 Å². The molecular weight excluding hydrogens is 430 g/mol. The fourth-order valence-corrected chi connectivity index (χ4v) is 4.01. The lowest BCUT2D eigenvalue weighted by molar-refractivity contribution is -0.134. The molecule has 0 fully saturated rings. The molecule has 8 heteroatoms. The Labute approximate surface area is 197 Å². The normalized spacial score (nSPS) is 12.9. The molecule has 1 aromatic heterocycles. The van der Waals surface area contributed by atoms with Crippen LogP contribution in [0.25, 0.3) is 10.8 Å². The number of carbonyl (C=O) groups excluding carboxylic acids is 2. The molecule has 2 amide bonds. The zero-order chi connectivity index (χ0) is 24.1. The third-order valence-corrected chi connectivity index (χ3v) is 5.92. The van der Waals surface area contributed by atoms with Crippen LogP contribution in [0.4, 0.5) is 0 Å². The van der Waals surface area contributed by atoms with Crippen molar-refractivity contribution in [3.63, 3.8) is 0 Å². The van der Waals surface area contributed by atoms with Gasteiger partial charge in [0.2, 0.25) is 11.8 Å². The van der Waals surface area contributed by atoms with Crippen molar-refractivity contribution >= 4 is 22.6 Å². The van der Waals surface area contributed by atoms with Crippen LogP contribution in [0.15, 0.2) is 77.2 Å². The molecule has 2 atom stereocenters. The highest BCUT2D eigenvalue weighted by Crippen LogP contribution is 2.25. The Bertz CT molecular complexity index is 1290. The standard InChI is InChI=1S/C26H27N5O3/c1-28-21(15-18-12-13-19-10-6-7-11-20(19)14-18)26(33)31(2)22(16-17-8-4-3-5-9-17)24-29-30-25(34-24)23(27)32/h3-14,21-22,28H,15-16H2,1-2H3,(H2,27,32). The molecule has 174 valence electrons. The van der Waals surface area contributed by atoms with Gasteiger partial charge in [0.05, 0.1) is 6.04 Å². The van der Waals surface area contributed by atoms with E-state index < -0.39 is 18.0 Å². The van der Waals surface area contributed by atoms with E-state index in [4.69, 9.17) is 10.2 Å². The van der Waals surface area contributed by atoms with E-state index in [1.165, 1.54) is 0 Å². The lowest BCUT2D eigenvalue weighted by atomic mass is 9.99. The van der Waals surface area contributed by atoms with E-state index in [0.29, 0.717) is 12.8 Å². The van der Waals surface area contributed by atoms with Gasteiger partial charge in [-0.2, -0.15) is 0 Å². The summed E-state index contributed by atoms with van der Waals surface area (Å²) >= 11 is 0. The maximum Gasteiger partial charge on any atom is 0.306 e. The van der Waals surface area contributed by atoms with Crippen LogP contribution in [0, 0.1) is 0 Å². The Morgan fingerprint density at radius 3 is 2.32 bits per heavy atom. The summed E-state index contributed by atoms with van der Waals surface area (Å²) in [5.41, 5.74) is 7.32. The molecule has 4 rings (SSSR count). The largest absolute Gasteiger partial charge is 0.415 e. The fourth-order valence-electron chi connectivity index (χ4n) is 4.01. The predicted octanol–water partition coefficient (Wildman–Crippen LogP) is 2.89. The Balaban J connectivity index is 1.59. The van der Waals surface area contributed by atoms with Gasteiger partial charge in [-0.25, -0.2) is 0 Å². The second-order valence-corrected chi connectivity index (χ2v) is 8.19. The minimum Gasteiger partial charge on any atom is -0.415 e. The molecule has 0 aliphatic heterocycles. The van der Waals surface area contributed by atoms with Crippen molar-refractivity contribution in [2.75, 3.05) is 14.1 Å². The Hall–Kier alpha value is -4.04. The van der Waals surface area contributed by atoms with Crippen molar-refractivity contribution in [3.8, 4) is 0 Å². The summed E-state index contributed by atoms with van der Waals surface area (Å²) in [6.45, 7) is 0. The maximum absolute atomic E-state index is 13.6. The quantitative estimate of drug-likeness (QED) is 0.399. The van der Waals surface area contributed by atoms with Gasteiger partial charge in [0, 0.05) is 13.5 Å². The van der Waals surface area contributed by atoms with Crippen molar-refractivity contribution in [3.05, 3.63) is 95.7 Å². The number of nitrogens with one attached hydrogen (secondary N) is 1. The smallest absolute Gasteiger partial charge is 0.306 e. The fraction of sp³-hybridized carbons (Fsp3) is 0.231. The molecule has 3 aromatic carbocycles. The number of benzene rings is 3. The van der Waals surface area contributed by atoms with Crippen LogP contribution in [0.3, 0.4) is 0 Å². The van der Waals surface area contributed by atoms with Crippen LogP contribution in [0.2, 0.25) is 0 Å². The number of rotatable bonds is 9. The molecule has 2 unspecified atom stereocenters. The molecule has 1 heterocycles. The number of likely N-dealkylation sites (N-methyl/N-ethyl adjacent to an activating group) is 2. The van der Waals surface area contributed by atoms with Crippen LogP contribution in [-0.4, -0.2) is 47.0 Å². The lowest BCUT2D eigenvalue weighted by Crippen LogP contribution is -2.46. The number of amides is 2. The lowest BCUT2D eigenvalue weighted by Gasteiger charge is -2.29. The molecule has 0 radical (unpaired) electrons. The number of nitrogens with zero attached hydrogens (tertiary/aromatic N) is 3. The minimum atomic E-state index is -0.810. The van der Waals surface area contributed by atoms with Gasteiger partial charge in [-0.1, -0.05) is 72.8 Å². The summed E-state index contributed by atoms with van der Waals surface area (Å²) in [5, 5.41) is 13.2. The third kappa shape index (κ3) is 5.13. The van der Waals surface area contributed by atoms with Crippen molar-refractivity contribution in [2.45, 2.75) is 24.9 Å². The number of nitrogens with two attached hydrogens (primary N) is 1. The van der Waals surface area contributed by atoms with Crippen LogP contribution in [0.5, 0.6) is 0 Å². The van der Waals surface area contributed by atoms with E-state index in [2.05, 4.69) is 39.8 Å². The zero-order valence-corrected chi connectivity index (χ0v) is 19.1. The third-order valence-electron chi connectivity index (χ3n) is 5.92. The molecular formula is C26H27N5O3. The van der Waals surface area contributed by atoms with E-state index in [0.717, 1.165) is 21.9 Å². The van der Waals surface area contributed by atoms with Crippen molar-refractivity contribution in [2.24, 2.45) is 5.73 Å². The first-order chi connectivity index (χ1) is 16.5. The minimum absolute atomic E-state index is 0.129. The van der Waals surface area contributed by atoms with Crippen LogP contribution >= 0.6 is 0 Å². The summed E-state index contributed by atoms with van der Waals surface area (Å²) < 4.78 is 5.52. The summed E-state index contributed by atoms with van der Waals surface area (Å²) in [7, 11) is 3.47. The number of hydrogen-bond donors (Lipinski definition) is 2. The highest BCUT2D eigenvalue weighted by molar-refractivity contribution is 5.87. The van der Waals surface area contributed by atoms with E-state index in [1.54, 1.807) is 19.0 Å². The predicted molar refractivity (Wildman–Crippen MR) is 129 cm³/mol. The number of primary amides is 1. The molecule has 0 aliphatic carbocycles. The van der Waals surface area contributed by atoms with Crippen molar-refractivity contribution in [1.29, 1.82) is 0 Å². The molecule has 0 saturated carbocycles. The summed E-state index contributed by atoms with van der Waals surface area (Å²) in [5.74, 6) is -1.06. The Kier molecular flexibility index (Phi) is 6.98. The van der Waals surface area contributed by atoms with Gasteiger partial charge in [-0.05, 0) is 35.4 Å². The molecule has 34 heavy (non-hydrogen) atoms. The summed E-state index contributed by atoms with van der Waals surface area (Å²) in [6.07, 6.45) is 0.953. The number of fused-ring (bicyclic) bond motifs is 1. The maximum atomic E-state index is 13.6. The Morgan fingerprint density at radius 1 is 0.941 bits per heavy atom. The van der Waals surface area contributed by atoms with E-state index in [1.807, 2.05) is 48.5 Å². The number of aromatic nitrogens is 2. The van der Waals surface area contributed by atoms with Crippen LogP contribution in [0.1, 0.15) is 33.7 Å². The topological polar surface area (TPSA) is 114 Å². The van der Waals surface area contributed by atoms with Crippen molar-refractivity contribution < 1.29 is 14.0 Å². The second kappa shape index (κ2) is 10.3. The molecule has 0 spiro atoms. The Morgan fingerprint density at radius 2 is 1.65 bits per heavy atom. The van der Waals surface area contributed by atoms with E-state index >= 15 is 0 Å². The highest BCUT2D eigenvalue weighted by atomic mass is 16.4. The van der Waals surface area contributed by atoms with Gasteiger partial charge in [0.1, 0.15) is 6.04 Å². The van der Waals surface area contributed by atoms with Crippen LogP contribution < -0.4 is 11.1 Å². The molecule has 0 aliphatic rings. The summed E-state index contributed by atoms with van der Waals surface area (Å²) in [6, 6.07) is 23.0. The molecule has 3 N–H and O–H groups in total. The van der Waals surface area contributed by atoms with Gasteiger partial charge in [0.15, 0.2) is 0 Å². The molecule has 4 aromatic rings. The SMILES string of the molecule is CNC(Cc1ccc2ccccc2c1)C(=O)N(C)C(Cc1ccccc1)c1nnc(C(N)=O)o1.